The van der Waals surface area contributed by atoms with Gasteiger partial charge >= 0.3 is 6.09 Å². The Morgan fingerprint density at radius 3 is 2.32 bits per heavy atom. The number of benzene rings is 3. The predicted molar refractivity (Wildman–Crippen MR) is 133 cm³/mol. The minimum absolute atomic E-state index is 0.0153. The number of aromatic amines is 1. The van der Waals surface area contributed by atoms with Crippen LogP contribution >= 0.6 is 0 Å². The van der Waals surface area contributed by atoms with E-state index in [4.69, 9.17) is 4.74 Å². The van der Waals surface area contributed by atoms with E-state index in [1.54, 1.807) is 6.92 Å². The van der Waals surface area contributed by atoms with Gasteiger partial charge in [-0.1, -0.05) is 66.7 Å². The minimum Gasteiger partial charge on any atom is -0.449 e. The van der Waals surface area contributed by atoms with E-state index in [1.165, 1.54) is 11.1 Å². The number of hydrogen-bond acceptors (Lipinski definition) is 3. The van der Waals surface area contributed by atoms with Crippen LogP contribution in [0.2, 0.25) is 0 Å². The van der Waals surface area contributed by atoms with Crippen LogP contribution in [0.1, 0.15) is 29.5 Å². The molecule has 1 aliphatic carbocycles. The normalized spacial score (nSPS) is 13.2. The lowest BCUT2D eigenvalue weighted by molar-refractivity contribution is -0.122. The van der Waals surface area contributed by atoms with Gasteiger partial charge in [0.25, 0.3) is 0 Å². The maximum Gasteiger partial charge on any atom is 0.407 e. The summed E-state index contributed by atoms with van der Waals surface area (Å²) in [6.45, 7) is 2.36. The maximum absolute atomic E-state index is 12.5. The highest BCUT2D eigenvalue weighted by Gasteiger charge is 2.29. The topological polar surface area (TPSA) is 83.2 Å². The van der Waals surface area contributed by atoms with Crippen LogP contribution in [-0.4, -0.2) is 36.2 Å². The van der Waals surface area contributed by atoms with Crippen molar-refractivity contribution in [1.29, 1.82) is 0 Å². The molecule has 6 heteroatoms. The van der Waals surface area contributed by atoms with Crippen molar-refractivity contribution in [3.8, 4) is 11.1 Å². The van der Waals surface area contributed by atoms with Crippen molar-refractivity contribution in [3.05, 3.63) is 95.7 Å². The van der Waals surface area contributed by atoms with Crippen molar-refractivity contribution in [1.82, 2.24) is 15.6 Å². The molecule has 0 saturated heterocycles. The first-order valence-electron chi connectivity index (χ1n) is 11.6. The lowest BCUT2D eigenvalue weighted by atomic mass is 9.98. The highest BCUT2D eigenvalue weighted by molar-refractivity contribution is 5.86. The molecule has 172 valence electrons. The van der Waals surface area contributed by atoms with Gasteiger partial charge in [0.1, 0.15) is 12.6 Å². The Bertz CT molecular complexity index is 1300. The summed E-state index contributed by atoms with van der Waals surface area (Å²) >= 11 is 0. The van der Waals surface area contributed by atoms with E-state index in [1.807, 2.05) is 48.7 Å². The van der Waals surface area contributed by atoms with Gasteiger partial charge in [0.15, 0.2) is 0 Å². The van der Waals surface area contributed by atoms with Crippen molar-refractivity contribution in [3.63, 3.8) is 0 Å². The number of H-pyrrole nitrogens is 1. The fourth-order valence-corrected chi connectivity index (χ4v) is 4.69. The molecule has 34 heavy (non-hydrogen) atoms. The van der Waals surface area contributed by atoms with Gasteiger partial charge in [-0.25, -0.2) is 4.79 Å². The number of para-hydroxylation sites is 1. The van der Waals surface area contributed by atoms with Gasteiger partial charge in [-0.3, -0.25) is 4.79 Å². The number of carbonyl (C=O) groups is 2. The number of rotatable bonds is 7. The summed E-state index contributed by atoms with van der Waals surface area (Å²) in [6.07, 6.45) is 2.07. The Morgan fingerprint density at radius 2 is 1.59 bits per heavy atom. The molecule has 4 aromatic rings. The van der Waals surface area contributed by atoms with Gasteiger partial charge in [0, 0.05) is 29.6 Å². The first kappa shape index (κ1) is 21.8. The van der Waals surface area contributed by atoms with E-state index in [0.29, 0.717) is 13.0 Å². The number of aromatic nitrogens is 1. The quantitative estimate of drug-likeness (QED) is 0.378. The molecule has 0 unspecified atom stereocenters. The summed E-state index contributed by atoms with van der Waals surface area (Å²) in [5.41, 5.74) is 6.88. The molecule has 6 nitrogen and oxygen atoms in total. The largest absolute Gasteiger partial charge is 0.449 e. The first-order valence-corrected chi connectivity index (χ1v) is 11.6. The smallest absolute Gasteiger partial charge is 0.407 e. The van der Waals surface area contributed by atoms with Crippen molar-refractivity contribution < 1.29 is 14.3 Å². The van der Waals surface area contributed by atoms with Gasteiger partial charge < -0.3 is 20.4 Å². The van der Waals surface area contributed by atoms with Crippen molar-refractivity contribution >= 4 is 22.9 Å². The fraction of sp³-hybridized carbons (Fsp3) is 0.214. The second-order valence-electron chi connectivity index (χ2n) is 8.59. The van der Waals surface area contributed by atoms with Crippen molar-refractivity contribution in [2.75, 3.05) is 13.2 Å². The van der Waals surface area contributed by atoms with E-state index in [0.717, 1.165) is 27.6 Å². The zero-order chi connectivity index (χ0) is 23.5. The van der Waals surface area contributed by atoms with Gasteiger partial charge in [0.05, 0.1) is 0 Å². The Balaban J connectivity index is 1.12. The van der Waals surface area contributed by atoms with E-state index < -0.39 is 12.1 Å². The van der Waals surface area contributed by atoms with Crippen molar-refractivity contribution in [2.24, 2.45) is 0 Å². The van der Waals surface area contributed by atoms with Gasteiger partial charge in [-0.05, 0) is 47.2 Å². The van der Waals surface area contributed by atoms with E-state index in [-0.39, 0.29) is 18.4 Å². The van der Waals surface area contributed by atoms with Gasteiger partial charge in [-0.2, -0.15) is 0 Å². The Morgan fingerprint density at radius 1 is 0.941 bits per heavy atom. The van der Waals surface area contributed by atoms with E-state index >= 15 is 0 Å². The predicted octanol–water partition coefficient (Wildman–Crippen LogP) is 4.75. The molecule has 0 fully saturated rings. The minimum atomic E-state index is -0.696. The van der Waals surface area contributed by atoms with Crippen LogP contribution < -0.4 is 10.6 Å². The summed E-state index contributed by atoms with van der Waals surface area (Å²) in [7, 11) is 0. The van der Waals surface area contributed by atoms with Gasteiger partial charge in [-0.15, -0.1) is 0 Å². The molecule has 1 heterocycles. The Hall–Kier alpha value is -4.06. The third kappa shape index (κ3) is 4.27. The number of nitrogens with one attached hydrogen (secondary N) is 3. The molecule has 1 atom stereocenters. The number of hydrogen-bond donors (Lipinski definition) is 3. The Kier molecular flexibility index (Phi) is 6.04. The number of alkyl carbamates (subject to hydrolysis) is 1. The maximum atomic E-state index is 12.5. The number of carbonyl (C=O) groups excluding carboxylic acids is 2. The van der Waals surface area contributed by atoms with Crippen molar-refractivity contribution in [2.45, 2.75) is 25.3 Å². The molecule has 0 radical (unpaired) electrons. The summed E-state index contributed by atoms with van der Waals surface area (Å²) < 4.78 is 5.54. The lowest BCUT2D eigenvalue weighted by Gasteiger charge is -2.17. The monoisotopic (exact) mass is 453 g/mol. The number of ether oxygens (including phenoxy) is 1. The SMILES string of the molecule is C[C@H](NC(=O)OCC1c2ccccc2-c2ccccc21)C(=O)NCCc1c[nH]c2ccccc12. The highest BCUT2D eigenvalue weighted by atomic mass is 16.5. The molecule has 0 aliphatic heterocycles. The van der Waals surface area contributed by atoms with E-state index in [2.05, 4.69) is 45.9 Å². The molecular weight excluding hydrogens is 426 g/mol. The third-order valence-corrected chi connectivity index (χ3v) is 6.44. The van der Waals surface area contributed by atoms with Crippen LogP contribution in [0.5, 0.6) is 0 Å². The highest BCUT2D eigenvalue weighted by Crippen LogP contribution is 2.44. The second-order valence-corrected chi connectivity index (χ2v) is 8.59. The zero-order valence-corrected chi connectivity index (χ0v) is 19.0. The molecule has 3 aromatic carbocycles. The van der Waals surface area contributed by atoms with Crippen LogP contribution in [0, 0.1) is 0 Å². The zero-order valence-electron chi connectivity index (χ0n) is 19.0. The molecule has 3 N–H and O–H groups in total. The lowest BCUT2D eigenvalue weighted by Crippen LogP contribution is -2.45. The molecule has 0 bridgehead atoms. The molecule has 5 rings (SSSR count). The third-order valence-electron chi connectivity index (χ3n) is 6.44. The van der Waals surface area contributed by atoms with Crippen LogP contribution in [0.15, 0.2) is 79.0 Å². The average Bonchev–Trinajstić information content (AvgIpc) is 3.42. The Labute approximate surface area is 198 Å². The fourth-order valence-electron chi connectivity index (χ4n) is 4.69. The van der Waals surface area contributed by atoms with E-state index in [9.17, 15) is 9.59 Å². The molecule has 0 saturated carbocycles. The summed E-state index contributed by atoms with van der Waals surface area (Å²) in [4.78, 5) is 28.1. The average molecular weight is 454 g/mol. The van der Waals surface area contributed by atoms with Gasteiger partial charge in [0.2, 0.25) is 5.91 Å². The second kappa shape index (κ2) is 9.43. The molecule has 1 aliphatic rings. The van der Waals surface area contributed by atoms with Crippen LogP contribution in [0.25, 0.3) is 22.0 Å². The molecule has 0 spiro atoms. The van der Waals surface area contributed by atoms with Crippen LogP contribution in [0.3, 0.4) is 0 Å². The number of fused-ring (bicyclic) bond motifs is 4. The molecular formula is C28H27N3O3. The summed E-state index contributed by atoms with van der Waals surface area (Å²) in [5.74, 6) is -0.258. The number of amides is 2. The molecule has 2 amide bonds. The van der Waals surface area contributed by atoms with Crippen LogP contribution in [-0.2, 0) is 16.0 Å². The molecule has 1 aromatic heterocycles. The van der Waals surface area contributed by atoms with Crippen LogP contribution in [0.4, 0.5) is 4.79 Å². The standard InChI is InChI=1S/C28H27N3O3/c1-18(27(32)29-15-14-19-16-30-26-13-7-6-8-20(19)26)31-28(33)34-17-25-23-11-4-2-9-21(23)22-10-3-5-12-24(22)25/h2-13,16,18,25,30H,14-15,17H2,1H3,(H,29,32)(H,31,33)/t18-/m0/s1. The summed E-state index contributed by atoms with van der Waals surface area (Å²) in [6, 6.07) is 23.8. The summed E-state index contributed by atoms with van der Waals surface area (Å²) in [5, 5.41) is 6.69. The first-order chi connectivity index (χ1) is 16.6.